The lowest BCUT2D eigenvalue weighted by molar-refractivity contribution is 0.262. The predicted molar refractivity (Wildman–Crippen MR) is 184 cm³/mol. The van der Waals surface area contributed by atoms with Gasteiger partial charge in [0.1, 0.15) is 0 Å². The van der Waals surface area contributed by atoms with Crippen molar-refractivity contribution in [3.05, 3.63) is 132 Å². The Labute approximate surface area is 276 Å². The number of benzene rings is 6. The van der Waals surface area contributed by atoms with E-state index >= 15 is 0 Å². The summed E-state index contributed by atoms with van der Waals surface area (Å²) in [5, 5.41) is 26.3. The fourth-order valence-corrected chi connectivity index (χ4v) is 7.13. The van der Waals surface area contributed by atoms with Crippen LogP contribution in [0.2, 0.25) is 0 Å². The van der Waals surface area contributed by atoms with Crippen molar-refractivity contribution in [1.29, 1.82) is 10.5 Å². The van der Waals surface area contributed by atoms with Gasteiger partial charge in [-0.2, -0.15) is 10.5 Å². The summed E-state index contributed by atoms with van der Waals surface area (Å²) in [6.07, 6.45) is 0. The number of nitrogens with zero attached hydrogens (tertiary/aromatic N) is 2. The van der Waals surface area contributed by atoms with Gasteiger partial charge in [0.15, 0.2) is 0 Å². The van der Waals surface area contributed by atoms with Crippen LogP contribution in [0.3, 0.4) is 0 Å². The average Bonchev–Trinajstić information content (AvgIpc) is 3.07. The molecule has 0 unspecified atom stereocenters. The van der Waals surface area contributed by atoms with Crippen molar-refractivity contribution < 1.29 is 21.6 Å². The fraction of sp³-hybridized carbons (Fsp3) is 0. The summed E-state index contributed by atoms with van der Waals surface area (Å²) in [6, 6.07) is 35.0. The molecule has 0 spiro atoms. The van der Waals surface area contributed by atoms with Crippen molar-refractivity contribution in [1.82, 2.24) is 0 Å². The molecule has 48 heavy (non-hydrogen) atoms. The number of nitriles is 2. The number of anilines is 4. The van der Waals surface area contributed by atoms with Crippen LogP contribution in [0, 0.1) is 22.7 Å². The lowest BCUT2D eigenvalue weighted by Crippen LogP contribution is -2.19. The number of carbonyl (C=O) groups is 1. The maximum absolute atomic E-state index is 13.1. The molecule has 2 amide bonds. The predicted octanol–water partition coefficient (Wildman–Crippen LogP) is 6.98. The Balaban J connectivity index is 1.17. The number of amides is 2. The number of urea groups is 1. The summed E-state index contributed by atoms with van der Waals surface area (Å²) in [7, 11) is -7.94. The van der Waals surface area contributed by atoms with E-state index in [2.05, 4.69) is 20.1 Å². The highest BCUT2D eigenvalue weighted by molar-refractivity contribution is 7.93. The quantitative estimate of drug-likeness (QED) is 0.134. The van der Waals surface area contributed by atoms with Gasteiger partial charge >= 0.3 is 6.03 Å². The van der Waals surface area contributed by atoms with Gasteiger partial charge in [-0.25, -0.2) is 21.6 Å². The summed E-state index contributed by atoms with van der Waals surface area (Å²) in [6.45, 7) is 0. The minimum atomic E-state index is -3.97. The summed E-state index contributed by atoms with van der Waals surface area (Å²) in [4.78, 5) is 12.9. The lowest BCUT2D eigenvalue weighted by Gasteiger charge is -2.12. The van der Waals surface area contributed by atoms with Crippen molar-refractivity contribution in [2.45, 2.75) is 9.79 Å². The lowest BCUT2D eigenvalue weighted by atomic mass is 10.1. The van der Waals surface area contributed by atoms with Gasteiger partial charge in [-0.15, -0.1) is 0 Å². The van der Waals surface area contributed by atoms with E-state index in [0.29, 0.717) is 33.3 Å². The van der Waals surface area contributed by atoms with E-state index in [4.69, 9.17) is 10.5 Å². The third-order valence-corrected chi connectivity index (χ3v) is 10.0. The molecule has 0 saturated carbocycles. The van der Waals surface area contributed by atoms with E-state index in [0.717, 1.165) is 10.8 Å². The Bertz CT molecular complexity index is 2380. The molecule has 0 aliphatic carbocycles. The third kappa shape index (κ3) is 7.03. The van der Waals surface area contributed by atoms with E-state index in [9.17, 15) is 21.6 Å². The summed E-state index contributed by atoms with van der Waals surface area (Å²) in [5.41, 5.74) is 1.96. The van der Waals surface area contributed by atoms with Crippen LogP contribution in [0.15, 0.2) is 131 Å². The SMILES string of the molecule is N#Cc1cccc(NS(=O)(=O)c2ccc3ccc(NC(=O)Nc4ccc5ccc(S(=O)(=O)Nc6cccc(C#N)c6)cc5c4)cc3c2)c1. The topological polar surface area (TPSA) is 181 Å². The standard InChI is InChI=1S/C35H24N6O5S2/c36-21-23-3-1-5-31(15-23)40-47(43,44)33-13-9-25-7-11-29(17-27(25)19-33)38-35(42)39-30-12-8-26-10-14-34(20-28(26)18-30)48(45,46)41-32-6-2-4-24(16-32)22-37/h1-20,40-41H,(H2,38,39,42). The number of nitrogens with one attached hydrogen (secondary N) is 4. The van der Waals surface area contributed by atoms with Crippen molar-refractivity contribution in [2.75, 3.05) is 20.1 Å². The molecular formula is C35H24N6O5S2. The van der Waals surface area contributed by atoms with Crippen LogP contribution < -0.4 is 20.1 Å². The number of hydrogen-bond acceptors (Lipinski definition) is 7. The first kappa shape index (κ1) is 31.6. The van der Waals surface area contributed by atoms with Crippen molar-refractivity contribution in [3.8, 4) is 12.1 Å². The molecule has 0 aromatic heterocycles. The molecule has 11 nitrogen and oxygen atoms in total. The molecule has 0 heterocycles. The number of fused-ring (bicyclic) bond motifs is 2. The van der Waals surface area contributed by atoms with E-state index in [-0.39, 0.29) is 21.2 Å². The second-order valence-corrected chi connectivity index (χ2v) is 14.0. The molecule has 13 heteroatoms. The molecule has 236 valence electrons. The van der Waals surface area contributed by atoms with Crippen LogP contribution in [0.25, 0.3) is 21.5 Å². The molecule has 0 bridgehead atoms. The molecule has 0 radical (unpaired) electrons. The molecule has 6 aromatic carbocycles. The third-order valence-electron chi connectivity index (χ3n) is 7.25. The van der Waals surface area contributed by atoms with E-state index in [1.165, 1.54) is 36.4 Å². The Morgan fingerprint density at radius 3 is 1.31 bits per heavy atom. The van der Waals surface area contributed by atoms with Gasteiger partial charge in [-0.1, -0.05) is 36.4 Å². The minimum Gasteiger partial charge on any atom is -0.308 e. The van der Waals surface area contributed by atoms with Gasteiger partial charge in [-0.05, 0) is 106 Å². The zero-order chi connectivity index (χ0) is 33.9. The van der Waals surface area contributed by atoms with E-state index in [1.807, 2.05) is 12.1 Å². The zero-order valence-corrected chi connectivity index (χ0v) is 26.4. The number of rotatable bonds is 8. The Kier molecular flexibility index (Phi) is 8.40. The smallest absolute Gasteiger partial charge is 0.308 e. The summed E-state index contributed by atoms with van der Waals surface area (Å²) < 4.78 is 57.2. The van der Waals surface area contributed by atoms with Gasteiger partial charge in [-0.3, -0.25) is 9.44 Å². The first-order valence-corrected chi connectivity index (χ1v) is 17.2. The summed E-state index contributed by atoms with van der Waals surface area (Å²) in [5.74, 6) is 0. The van der Waals surface area contributed by atoms with E-state index < -0.39 is 26.1 Å². The van der Waals surface area contributed by atoms with Gasteiger partial charge in [0.25, 0.3) is 20.0 Å². The molecule has 0 atom stereocenters. The Hall–Kier alpha value is -6.41. The number of carbonyl (C=O) groups excluding carboxylic acids is 1. The molecule has 6 rings (SSSR count). The van der Waals surface area contributed by atoms with Gasteiger partial charge < -0.3 is 10.6 Å². The highest BCUT2D eigenvalue weighted by Crippen LogP contribution is 2.27. The minimum absolute atomic E-state index is 0.00222. The largest absolute Gasteiger partial charge is 0.323 e. The number of hydrogen-bond donors (Lipinski definition) is 4. The van der Waals surface area contributed by atoms with Crippen molar-refractivity contribution in [2.24, 2.45) is 0 Å². The molecular weight excluding hydrogens is 649 g/mol. The zero-order valence-electron chi connectivity index (χ0n) is 24.8. The van der Waals surface area contributed by atoms with Crippen LogP contribution in [0.4, 0.5) is 27.5 Å². The van der Waals surface area contributed by atoms with Gasteiger partial charge in [0, 0.05) is 11.4 Å². The van der Waals surface area contributed by atoms with E-state index in [1.54, 1.807) is 84.9 Å². The molecule has 0 aliphatic heterocycles. The first-order valence-electron chi connectivity index (χ1n) is 14.2. The summed E-state index contributed by atoms with van der Waals surface area (Å²) >= 11 is 0. The fourth-order valence-electron chi connectivity index (χ4n) is 4.97. The average molecular weight is 673 g/mol. The van der Waals surface area contributed by atoms with Crippen LogP contribution in [0.1, 0.15) is 11.1 Å². The molecule has 6 aromatic rings. The molecule has 4 N–H and O–H groups in total. The van der Waals surface area contributed by atoms with Gasteiger partial charge in [0.05, 0.1) is 44.4 Å². The second-order valence-electron chi connectivity index (χ2n) is 10.6. The Morgan fingerprint density at radius 1 is 0.479 bits per heavy atom. The van der Waals surface area contributed by atoms with Crippen LogP contribution in [-0.4, -0.2) is 22.9 Å². The normalized spacial score (nSPS) is 11.3. The van der Waals surface area contributed by atoms with Crippen molar-refractivity contribution >= 4 is 70.4 Å². The molecule has 0 aliphatic rings. The van der Waals surface area contributed by atoms with Crippen LogP contribution in [-0.2, 0) is 20.0 Å². The van der Waals surface area contributed by atoms with Crippen LogP contribution >= 0.6 is 0 Å². The van der Waals surface area contributed by atoms with Gasteiger partial charge in [0.2, 0.25) is 0 Å². The monoisotopic (exact) mass is 672 g/mol. The number of sulfonamides is 2. The van der Waals surface area contributed by atoms with Crippen molar-refractivity contribution in [3.63, 3.8) is 0 Å². The Morgan fingerprint density at radius 2 is 0.896 bits per heavy atom. The maximum atomic E-state index is 13.1. The maximum Gasteiger partial charge on any atom is 0.323 e. The van der Waals surface area contributed by atoms with Crippen LogP contribution in [0.5, 0.6) is 0 Å². The highest BCUT2D eigenvalue weighted by Gasteiger charge is 2.17. The highest BCUT2D eigenvalue weighted by atomic mass is 32.2. The first-order chi connectivity index (χ1) is 23.0. The molecule has 0 fully saturated rings. The second kappa shape index (κ2) is 12.8. The molecule has 0 saturated heterocycles.